The van der Waals surface area contributed by atoms with E-state index in [1.807, 2.05) is 6.07 Å². The van der Waals surface area contributed by atoms with E-state index in [0.717, 1.165) is 11.2 Å². The molecule has 6 rings (SSSR count). The molecule has 0 amide bonds. The van der Waals surface area contributed by atoms with E-state index in [0.29, 0.717) is 0 Å². The Morgan fingerprint density at radius 3 is 1.97 bits per heavy atom. The number of aromatic nitrogens is 1. The minimum Gasteiger partial charge on any atom is -0.248 e. The summed E-state index contributed by atoms with van der Waals surface area (Å²) in [6.07, 6.45) is 0. The third-order valence-corrected chi connectivity index (χ3v) is 6.68. The smallest absolute Gasteiger partial charge is 0.0709 e. The highest BCUT2D eigenvalue weighted by atomic mass is 14.7. The largest absolute Gasteiger partial charge is 0.248 e. The third kappa shape index (κ3) is 2.81. The van der Waals surface area contributed by atoms with Gasteiger partial charge in [0.05, 0.1) is 11.2 Å². The number of hydrogen-bond acceptors (Lipinski definition) is 1. The Kier molecular flexibility index (Phi) is 3.88. The summed E-state index contributed by atoms with van der Waals surface area (Å²) < 4.78 is 0. The van der Waals surface area contributed by atoms with E-state index in [-0.39, 0.29) is 5.41 Å². The molecule has 0 bridgehead atoms. The number of hydrogen-bond donors (Lipinski definition) is 0. The first kappa shape index (κ1) is 18.1. The van der Waals surface area contributed by atoms with Gasteiger partial charge in [0.1, 0.15) is 0 Å². The molecule has 1 aromatic heterocycles. The van der Waals surface area contributed by atoms with Crippen LogP contribution >= 0.6 is 0 Å². The molecule has 0 fully saturated rings. The van der Waals surface area contributed by atoms with Crippen LogP contribution in [0, 0.1) is 0 Å². The SMILES string of the molecule is CC1(C)c2cc(-c3ccccc3)ccc2-c2ccc(-c3ccc4ccccc4n3)cc21. The molecule has 5 aromatic rings. The molecule has 1 aliphatic carbocycles. The second kappa shape index (κ2) is 6.65. The standard InChI is InChI=1S/C30H23N/c1-30(2)26-18-22(20-8-4-3-5-9-20)12-15-24(26)25-16-13-23(19-27(25)30)29-17-14-21-10-6-7-11-28(21)31-29/h3-19H,1-2H3. The molecule has 4 aromatic carbocycles. The van der Waals surface area contributed by atoms with Crippen molar-refractivity contribution in [2.75, 3.05) is 0 Å². The van der Waals surface area contributed by atoms with E-state index in [4.69, 9.17) is 4.98 Å². The van der Waals surface area contributed by atoms with Crippen LogP contribution in [0.25, 0.3) is 44.4 Å². The van der Waals surface area contributed by atoms with Gasteiger partial charge in [-0.05, 0) is 57.6 Å². The molecule has 148 valence electrons. The number of benzene rings is 4. The average Bonchev–Trinajstić information content (AvgIpc) is 3.05. The van der Waals surface area contributed by atoms with Crippen molar-refractivity contribution in [3.8, 4) is 33.5 Å². The minimum absolute atomic E-state index is 0.0533. The molecule has 0 unspecified atom stereocenters. The summed E-state index contributed by atoms with van der Waals surface area (Å²) in [6.45, 7) is 4.67. The molecule has 0 atom stereocenters. The molecule has 1 heterocycles. The molecule has 0 spiro atoms. The zero-order chi connectivity index (χ0) is 21.0. The Hall–Kier alpha value is -3.71. The second-order valence-electron chi connectivity index (χ2n) is 8.90. The Labute approximate surface area is 183 Å². The van der Waals surface area contributed by atoms with Crippen molar-refractivity contribution in [3.05, 3.63) is 114 Å². The Bertz CT molecular complexity index is 1440. The lowest BCUT2D eigenvalue weighted by Crippen LogP contribution is -2.15. The van der Waals surface area contributed by atoms with Crippen LogP contribution in [-0.4, -0.2) is 4.98 Å². The lowest BCUT2D eigenvalue weighted by atomic mass is 9.81. The number of nitrogens with zero attached hydrogens (tertiary/aromatic N) is 1. The van der Waals surface area contributed by atoms with Gasteiger partial charge in [0.25, 0.3) is 0 Å². The first-order valence-electron chi connectivity index (χ1n) is 10.8. The Balaban J connectivity index is 1.47. The van der Waals surface area contributed by atoms with Crippen molar-refractivity contribution in [1.82, 2.24) is 4.98 Å². The molecule has 0 saturated heterocycles. The average molecular weight is 398 g/mol. The van der Waals surface area contributed by atoms with Crippen LogP contribution in [0.4, 0.5) is 0 Å². The quantitative estimate of drug-likeness (QED) is 0.295. The lowest BCUT2D eigenvalue weighted by molar-refractivity contribution is 0.661. The van der Waals surface area contributed by atoms with Crippen LogP contribution in [0.5, 0.6) is 0 Å². The summed E-state index contributed by atoms with van der Waals surface area (Å²) in [5.41, 5.74) is 11.2. The van der Waals surface area contributed by atoms with Crippen molar-refractivity contribution in [2.45, 2.75) is 19.3 Å². The summed E-state index contributed by atoms with van der Waals surface area (Å²) in [6, 6.07) is 37.0. The number of para-hydroxylation sites is 1. The van der Waals surface area contributed by atoms with Crippen molar-refractivity contribution in [1.29, 1.82) is 0 Å². The van der Waals surface area contributed by atoms with Crippen LogP contribution in [0.2, 0.25) is 0 Å². The monoisotopic (exact) mass is 397 g/mol. The van der Waals surface area contributed by atoms with Crippen molar-refractivity contribution < 1.29 is 0 Å². The highest BCUT2D eigenvalue weighted by molar-refractivity contribution is 5.86. The van der Waals surface area contributed by atoms with Crippen LogP contribution in [0.3, 0.4) is 0 Å². The van der Waals surface area contributed by atoms with E-state index >= 15 is 0 Å². The van der Waals surface area contributed by atoms with E-state index in [1.54, 1.807) is 0 Å². The van der Waals surface area contributed by atoms with E-state index in [2.05, 4.69) is 111 Å². The van der Waals surface area contributed by atoms with E-state index in [9.17, 15) is 0 Å². The fourth-order valence-corrected chi connectivity index (χ4v) is 4.93. The topological polar surface area (TPSA) is 12.9 Å². The van der Waals surface area contributed by atoms with Gasteiger partial charge in [-0.2, -0.15) is 0 Å². The van der Waals surface area contributed by atoms with Gasteiger partial charge in [-0.3, -0.25) is 0 Å². The summed E-state index contributed by atoms with van der Waals surface area (Å²) in [5.74, 6) is 0. The maximum absolute atomic E-state index is 4.92. The first-order valence-corrected chi connectivity index (χ1v) is 10.8. The number of rotatable bonds is 2. The summed E-state index contributed by atoms with van der Waals surface area (Å²) >= 11 is 0. The maximum Gasteiger partial charge on any atom is 0.0709 e. The van der Waals surface area contributed by atoms with Gasteiger partial charge < -0.3 is 0 Å². The molecule has 1 nitrogen and oxygen atoms in total. The third-order valence-electron chi connectivity index (χ3n) is 6.68. The molecular formula is C30H23N. The van der Waals surface area contributed by atoms with Crippen molar-refractivity contribution >= 4 is 10.9 Å². The molecule has 1 aliphatic rings. The predicted octanol–water partition coefficient (Wildman–Crippen LogP) is 7.88. The van der Waals surface area contributed by atoms with Crippen LogP contribution in [0.15, 0.2) is 103 Å². The fraction of sp³-hybridized carbons (Fsp3) is 0.100. The van der Waals surface area contributed by atoms with Crippen LogP contribution in [0.1, 0.15) is 25.0 Å². The molecule has 0 aliphatic heterocycles. The molecule has 1 heteroatoms. The minimum atomic E-state index is -0.0533. The van der Waals surface area contributed by atoms with Gasteiger partial charge >= 0.3 is 0 Å². The van der Waals surface area contributed by atoms with Gasteiger partial charge in [0, 0.05) is 16.4 Å². The van der Waals surface area contributed by atoms with Crippen LogP contribution in [-0.2, 0) is 5.41 Å². The highest BCUT2D eigenvalue weighted by Gasteiger charge is 2.35. The molecular weight excluding hydrogens is 374 g/mol. The Morgan fingerprint density at radius 2 is 1.19 bits per heavy atom. The number of pyridine rings is 1. The molecule has 0 saturated carbocycles. The first-order chi connectivity index (χ1) is 15.1. The molecule has 0 radical (unpaired) electrons. The van der Waals surface area contributed by atoms with Gasteiger partial charge in [0.15, 0.2) is 0 Å². The zero-order valence-corrected chi connectivity index (χ0v) is 17.8. The normalized spacial score (nSPS) is 13.7. The second-order valence-corrected chi connectivity index (χ2v) is 8.90. The zero-order valence-electron chi connectivity index (χ0n) is 17.8. The van der Waals surface area contributed by atoms with E-state index < -0.39 is 0 Å². The Morgan fingerprint density at radius 1 is 0.548 bits per heavy atom. The predicted molar refractivity (Wildman–Crippen MR) is 130 cm³/mol. The molecule has 31 heavy (non-hydrogen) atoms. The number of fused-ring (bicyclic) bond motifs is 4. The summed E-state index contributed by atoms with van der Waals surface area (Å²) in [7, 11) is 0. The van der Waals surface area contributed by atoms with Gasteiger partial charge in [-0.25, -0.2) is 4.98 Å². The van der Waals surface area contributed by atoms with Crippen molar-refractivity contribution in [2.24, 2.45) is 0 Å². The van der Waals surface area contributed by atoms with Gasteiger partial charge in [0.2, 0.25) is 0 Å². The molecule has 0 N–H and O–H groups in total. The lowest BCUT2D eigenvalue weighted by Gasteiger charge is -2.22. The fourth-order valence-electron chi connectivity index (χ4n) is 4.93. The summed E-state index contributed by atoms with van der Waals surface area (Å²) in [4.78, 5) is 4.92. The maximum atomic E-state index is 4.92. The van der Waals surface area contributed by atoms with Crippen LogP contribution < -0.4 is 0 Å². The van der Waals surface area contributed by atoms with Crippen molar-refractivity contribution in [3.63, 3.8) is 0 Å². The van der Waals surface area contributed by atoms with Gasteiger partial charge in [-0.1, -0.05) is 92.7 Å². The summed E-state index contributed by atoms with van der Waals surface area (Å²) in [5, 5.41) is 1.17. The highest BCUT2D eigenvalue weighted by Crippen LogP contribution is 2.50. The van der Waals surface area contributed by atoms with E-state index in [1.165, 1.54) is 44.3 Å². The van der Waals surface area contributed by atoms with Gasteiger partial charge in [-0.15, -0.1) is 0 Å².